The smallest absolute Gasteiger partial charge is 0.144 e. The van der Waals surface area contributed by atoms with Crippen molar-refractivity contribution < 1.29 is 8.83 Å². The van der Waals surface area contributed by atoms with E-state index in [0.29, 0.717) is 5.92 Å². The first-order valence-electron chi connectivity index (χ1n) is 12.9. The lowest BCUT2D eigenvalue weighted by Gasteiger charge is -2.11. The van der Waals surface area contributed by atoms with Crippen LogP contribution in [0.4, 0.5) is 0 Å². The van der Waals surface area contributed by atoms with Gasteiger partial charge in [0.25, 0.3) is 0 Å². The van der Waals surface area contributed by atoms with Gasteiger partial charge in [-0.3, -0.25) is 4.98 Å². The molecule has 8 rings (SSSR count). The molecule has 1 aliphatic carbocycles. The number of hydrogen-bond donors (Lipinski definition) is 0. The zero-order chi connectivity index (χ0) is 23.8. The van der Waals surface area contributed by atoms with Crippen LogP contribution in [0.3, 0.4) is 0 Å². The maximum atomic E-state index is 6.68. The van der Waals surface area contributed by atoms with E-state index in [1.807, 2.05) is 6.20 Å². The molecule has 7 aromatic rings. The molecule has 1 fully saturated rings. The second-order valence-electron chi connectivity index (χ2n) is 10.3. The largest absolute Gasteiger partial charge is 0.455 e. The summed E-state index contributed by atoms with van der Waals surface area (Å²) in [4.78, 5) is 4.76. The molecule has 1 saturated carbocycles. The van der Waals surface area contributed by atoms with Crippen molar-refractivity contribution >= 4 is 54.6 Å². The first kappa shape index (κ1) is 20.1. The Hall–Kier alpha value is -4.11. The van der Waals surface area contributed by atoms with Crippen LogP contribution in [-0.2, 0) is 0 Å². The van der Waals surface area contributed by atoms with Gasteiger partial charge in [0.15, 0.2) is 0 Å². The third-order valence-corrected chi connectivity index (χ3v) is 8.14. The molecule has 3 nitrogen and oxygen atoms in total. The summed E-state index contributed by atoms with van der Waals surface area (Å²) < 4.78 is 13.0. The second kappa shape index (κ2) is 7.44. The van der Waals surface area contributed by atoms with E-state index in [-0.39, 0.29) is 0 Å². The predicted molar refractivity (Wildman–Crippen MR) is 148 cm³/mol. The molecule has 0 unspecified atom stereocenters. The number of pyridine rings is 1. The van der Waals surface area contributed by atoms with Crippen molar-refractivity contribution in [2.24, 2.45) is 0 Å². The van der Waals surface area contributed by atoms with E-state index in [4.69, 9.17) is 13.8 Å². The van der Waals surface area contributed by atoms with Gasteiger partial charge in [0.1, 0.15) is 22.3 Å². The molecule has 3 heterocycles. The van der Waals surface area contributed by atoms with Crippen LogP contribution >= 0.6 is 0 Å². The molecule has 0 spiro atoms. The maximum absolute atomic E-state index is 6.68. The van der Waals surface area contributed by atoms with E-state index in [2.05, 4.69) is 79.7 Å². The number of aromatic nitrogens is 1. The monoisotopic (exact) mass is 467 g/mol. The van der Waals surface area contributed by atoms with Crippen LogP contribution in [0.1, 0.15) is 42.7 Å². The molecular weight excluding hydrogens is 442 g/mol. The zero-order valence-electron chi connectivity index (χ0n) is 20.2. The van der Waals surface area contributed by atoms with E-state index in [1.165, 1.54) is 36.8 Å². The van der Waals surface area contributed by atoms with Crippen molar-refractivity contribution in [3.8, 4) is 11.3 Å². The topological polar surface area (TPSA) is 39.2 Å². The summed E-state index contributed by atoms with van der Waals surface area (Å²) in [5.41, 5.74) is 8.29. The van der Waals surface area contributed by atoms with Gasteiger partial charge in [-0.15, -0.1) is 0 Å². The van der Waals surface area contributed by atoms with Crippen LogP contribution in [0.25, 0.3) is 65.9 Å². The van der Waals surface area contributed by atoms with Gasteiger partial charge in [0.05, 0.1) is 5.69 Å². The summed E-state index contributed by atoms with van der Waals surface area (Å²) in [6.07, 6.45) is 7.17. The summed E-state index contributed by atoms with van der Waals surface area (Å²) in [6, 6.07) is 26.0. The molecular formula is C33H25NO2. The van der Waals surface area contributed by atoms with Crippen molar-refractivity contribution in [3.05, 3.63) is 90.1 Å². The lowest BCUT2D eigenvalue weighted by molar-refractivity contribution is 0.669. The van der Waals surface area contributed by atoms with Crippen LogP contribution in [0.2, 0.25) is 0 Å². The molecule has 4 aromatic carbocycles. The average molecular weight is 468 g/mol. The van der Waals surface area contributed by atoms with Gasteiger partial charge in [-0.25, -0.2) is 0 Å². The van der Waals surface area contributed by atoms with Crippen molar-refractivity contribution in [2.45, 2.75) is 38.5 Å². The Balaban J connectivity index is 1.37. The Bertz CT molecular complexity index is 1970. The minimum Gasteiger partial charge on any atom is -0.455 e. The van der Waals surface area contributed by atoms with E-state index >= 15 is 0 Å². The summed E-state index contributed by atoms with van der Waals surface area (Å²) in [7, 11) is 0. The highest BCUT2D eigenvalue weighted by Gasteiger charge is 2.20. The summed E-state index contributed by atoms with van der Waals surface area (Å²) in [5.74, 6) is 0.653. The Labute approximate surface area is 208 Å². The molecule has 36 heavy (non-hydrogen) atoms. The van der Waals surface area contributed by atoms with Gasteiger partial charge in [0.2, 0.25) is 0 Å². The molecule has 0 atom stereocenters. The molecule has 3 aromatic heterocycles. The maximum Gasteiger partial charge on any atom is 0.144 e. The first-order valence-corrected chi connectivity index (χ1v) is 12.9. The summed E-state index contributed by atoms with van der Waals surface area (Å²) in [5, 5.41) is 6.69. The lowest BCUT2D eigenvalue weighted by Crippen LogP contribution is -1.94. The quantitative estimate of drug-likeness (QED) is 0.254. The number of nitrogens with zero attached hydrogens (tertiary/aromatic N) is 1. The van der Waals surface area contributed by atoms with Crippen molar-refractivity contribution in [2.75, 3.05) is 0 Å². The van der Waals surface area contributed by atoms with E-state index in [1.54, 1.807) is 0 Å². The fourth-order valence-corrected chi connectivity index (χ4v) is 6.31. The van der Waals surface area contributed by atoms with Crippen molar-refractivity contribution in [3.63, 3.8) is 0 Å². The molecule has 3 heteroatoms. The van der Waals surface area contributed by atoms with Gasteiger partial charge in [-0.1, -0.05) is 37.1 Å². The van der Waals surface area contributed by atoms with E-state index in [9.17, 15) is 0 Å². The van der Waals surface area contributed by atoms with Crippen LogP contribution in [0.5, 0.6) is 0 Å². The lowest BCUT2D eigenvalue weighted by atomic mass is 9.96. The minimum absolute atomic E-state index is 0.653. The highest BCUT2D eigenvalue weighted by Crippen LogP contribution is 2.42. The van der Waals surface area contributed by atoms with E-state index in [0.717, 1.165) is 65.9 Å². The number of furan rings is 2. The third kappa shape index (κ3) is 2.83. The molecule has 174 valence electrons. The zero-order valence-corrected chi connectivity index (χ0v) is 20.2. The first-order chi connectivity index (χ1) is 17.7. The van der Waals surface area contributed by atoms with Crippen LogP contribution in [-0.4, -0.2) is 4.98 Å². The van der Waals surface area contributed by atoms with E-state index < -0.39 is 0 Å². The third-order valence-electron chi connectivity index (χ3n) is 8.14. The number of benzene rings is 4. The highest BCUT2D eigenvalue weighted by atomic mass is 16.3. The minimum atomic E-state index is 0.653. The fourth-order valence-electron chi connectivity index (χ4n) is 6.31. The second-order valence-corrected chi connectivity index (χ2v) is 10.3. The molecule has 1 aliphatic rings. The Kier molecular flexibility index (Phi) is 4.16. The number of aryl methyl sites for hydroxylation is 1. The van der Waals surface area contributed by atoms with Gasteiger partial charge >= 0.3 is 0 Å². The van der Waals surface area contributed by atoms with Crippen LogP contribution in [0, 0.1) is 6.92 Å². The van der Waals surface area contributed by atoms with Gasteiger partial charge < -0.3 is 8.83 Å². The average Bonchev–Trinajstić information content (AvgIpc) is 3.65. The van der Waals surface area contributed by atoms with Crippen LogP contribution in [0.15, 0.2) is 87.8 Å². The fraction of sp³-hybridized carbons (Fsp3) is 0.182. The predicted octanol–water partition coefficient (Wildman–Crippen LogP) is 9.67. The molecule has 0 aliphatic heterocycles. The molecule has 0 N–H and O–H groups in total. The standard InChI is InChI=1S/C33H25NO2/c1-19-9-10-22-24-11-12-27-26(31(24)35-30(22)17-19)14-13-25-23-7-4-8-28(33(23)36-32(25)27)29-18-21(15-16-34-29)20-5-2-3-6-20/h4,7-18,20H,2-3,5-6H2,1H3. The highest BCUT2D eigenvalue weighted by molar-refractivity contribution is 6.23. The molecule has 0 amide bonds. The van der Waals surface area contributed by atoms with Crippen LogP contribution < -0.4 is 0 Å². The summed E-state index contributed by atoms with van der Waals surface area (Å²) in [6.45, 7) is 2.10. The number of hydrogen-bond acceptors (Lipinski definition) is 3. The van der Waals surface area contributed by atoms with Crippen molar-refractivity contribution in [1.82, 2.24) is 4.98 Å². The van der Waals surface area contributed by atoms with Crippen molar-refractivity contribution in [1.29, 1.82) is 0 Å². The molecule has 0 radical (unpaired) electrons. The Morgan fingerprint density at radius 2 is 1.33 bits per heavy atom. The number of para-hydroxylation sites is 1. The number of rotatable bonds is 2. The SMILES string of the molecule is Cc1ccc2c(c1)oc1c2ccc2c1ccc1c3cccc(-c4cc(C5CCCC5)ccn4)c3oc12. The Morgan fingerprint density at radius 3 is 2.11 bits per heavy atom. The normalized spacial score (nSPS) is 14.8. The van der Waals surface area contributed by atoms with Gasteiger partial charge in [0, 0.05) is 44.1 Å². The van der Waals surface area contributed by atoms with Gasteiger partial charge in [-0.05, 0) is 85.3 Å². The Morgan fingerprint density at radius 1 is 0.667 bits per heavy atom. The summed E-state index contributed by atoms with van der Waals surface area (Å²) >= 11 is 0. The van der Waals surface area contributed by atoms with Gasteiger partial charge in [-0.2, -0.15) is 0 Å². The molecule has 0 saturated heterocycles. The molecule has 0 bridgehead atoms. The number of fused-ring (bicyclic) bond motifs is 9.